The van der Waals surface area contributed by atoms with Gasteiger partial charge >= 0.3 is 0 Å². The summed E-state index contributed by atoms with van der Waals surface area (Å²) in [6.45, 7) is 4.28. The van der Waals surface area contributed by atoms with Gasteiger partial charge in [-0.25, -0.2) is 4.68 Å². The highest BCUT2D eigenvalue weighted by Crippen LogP contribution is 1.95. The highest BCUT2D eigenvalue weighted by molar-refractivity contribution is 5.92. The SMILES string of the molecule is C=CCNC(=O)c1ccn(COC)n1. The van der Waals surface area contributed by atoms with Crippen molar-refractivity contribution >= 4 is 5.91 Å². The van der Waals surface area contributed by atoms with Gasteiger partial charge in [0.2, 0.25) is 0 Å². The normalized spacial score (nSPS) is 9.79. The summed E-state index contributed by atoms with van der Waals surface area (Å²) in [6.07, 6.45) is 3.30. The van der Waals surface area contributed by atoms with Crippen LogP contribution in [-0.4, -0.2) is 29.3 Å². The van der Waals surface area contributed by atoms with Crippen molar-refractivity contribution in [2.75, 3.05) is 13.7 Å². The van der Waals surface area contributed by atoms with Crippen LogP contribution in [0.4, 0.5) is 0 Å². The van der Waals surface area contributed by atoms with Crippen LogP contribution in [-0.2, 0) is 11.5 Å². The third-order valence-corrected chi connectivity index (χ3v) is 1.54. The average Bonchev–Trinajstić information content (AvgIpc) is 2.63. The van der Waals surface area contributed by atoms with Gasteiger partial charge in [-0.3, -0.25) is 4.79 Å². The Morgan fingerprint density at radius 1 is 1.86 bits per heavy atom. The average molecular weight is 195 g/mol. The lowest BCUT2D eigenvalue weighted by Gasteiger charge is -1.98. The zero-order valence-corrected chi connectivity index (χ0v) is 8.06. The Bertz CT molecular complexity index is 320. The van der Waals surface area contributed by atoms with Crippen molar-refractivity contribution in [3.05, 3.63) is 30.6 Å². The van der Waals surface area contributed by atoms with E-state index in [4.69, 9.17) is 4.74 Å². The van der Waals surface area contributed by atoms with Gasteiger partial charge in [0.25, 0.3) is 5.91 Å². The van der Waals surface area contributed by atoms with Crippen molar-refractivity contribution in [3.63, 3.8) is 0 Å². The summed E-state index contributed by atoms with van der Waals surface area (Å²) in [5, 5.41) is 6.63. The van der Waals surface area contributed by atoms with Crippen molar-refractivity contribution < 1.29 is 9.53 Å². The number of methoxy groups -OCH3 is 1. The van der Waals surface area contributed by atoms with Crippen molar-refractivity contribution in [1.29, 1.82) is 0 Å². The second-order valence-electron chi connectivity index (χ2n) is 2.66. The molecule has 1 amide bonds. The molecule has 76 valence electrons. The first-order valence-electron chi connectivity index (χ1n) is 4.19. The number of nitrogens with zero attached hydrogens (tertiary/aromatic N) is 2. The Morgan fingerprint density at radius 2 is 2.64 bits per heavy atom. The molecule has 5 heteroatoms. The van der Waals surface area contributed by atoms with Gasteiger partial charge in [-0.2, -0.15) is 5.10 Å². The highest BCUT2D eigenvalue weighted by atomic mass is 16.5. The van der Waals surface area contributed by atoms with Gasteiger partial charge in [0, 0.05) is 19.9 Å². The first kappa shape index (κ1) is 10.5. The van der Waals surface area contributed by atoms with E-state index in [0.717, 1.165) is 0 Å². The Labute approximate surface area is 82.4 Å². The largest absolute Gasteiger partial charge is 0.362 e. The first-order valence-corrected chi connectivity index (χ1v) is 4.19. The van der Waals surface area contributed by atoms with Gasteiger partial charge in [-0.1, -0.05) is 6.08 Å². The molecule has 1 aromatic rings. The second kappa shape index (κ2) is 5.18. The lowest BCUT2D eigenvalue weighted by atomic mass is 10.4. The van der Waals surface area contributed by atoms with E-state index in [1.807, 2.05) is 0 Å². The predicted molar refractivity (Wildman–Crippen MR) is 51.8 cm³/mol. The van der Waals surface area contributed by atoms with Crippen molar-refractivity contribution in [2.24, 2.45) is 0 Å². The van der Waals surface area contributed by atoms with Crippen molar-refractivity contribution in [1.82, 2.24) is 15.1 Å². The van der Waals surface area contributed by atoms with Crippen LogP contribution in [0.15, 0.2) is 24.9 Å². The summed E-state index contributed by atoms with van der Waals surface area (Å²) in [5.41, 5.74) is 0.379. The van der Waals surface area contributed by atoms with Crippen LogP contribution in [0.5, 0.6) is 0 Å². The van der Waals surface area contributed by atoms with E-state index >= 15 is 0 Å². The predicted octanol–water partition coefficient (Wildman–Crippen LogP) is 0.403. The van der Waals surface area contributed by atoms with Gasteiger partial charge in [-0.15, -0.1) is 6.58 Å². The highest BCUT2D eigenvalue weighted by Gasteiger charge is 2.07. The molecule has 0 aliphatic rings. The summed E-state index contributed by atoms with van der Waals surface area (Å²) >= 11 is 0. The van der Waals surface area contributed by atoms with E-state index in [0.29, 0.717) is 19.0 Å². The van der Waals surface area contributed by atoms with Crippen molar-refractivity contribution in [2.45, 2.75) is 6.73 Å². The fourth-order valence-corrected chi connectivity index (χ4v) is 0.942. The molecule has 0 saturated carbocycles. The van der Waals surface area contributed by atoms with Gasteiger partial charge in [-0.05, 0) is 6.07 Å². The van der Waals surface area contributed by atoms with Crippen LogP contribution < -0.4 is 5.32 Å². The van der Waals surface area contributed by atoms with Gasteiger partial charge in [0.05, 0.1) is 0 Å². The summed E-state index contributed by atoms with van der Waals surface area (Å²) in [7, 11) is 1.57. The lowest BCUT2D eigenvalue weighted by molar-refractivity contribution is 0.0945. The van der Waals surface area contributed by atoms with E-state index in [2.05, 4.69) is 17.0 Å². The molecule has 0 bridgehead atoms. The van der Waals surface area contributed by atoms with Gasteiger partial charge in [0.15, 0.2) is 0 Å². The van der Waals surface area contributed by atoms with Crippen LogP contribution in [0.2, 0.25) is 0 Å². The Morgan fingerprint density at radius 3 is 3.29 bits per heavy atom. The smallest absolute Gasteiger partial charge is 0.272 e. The molecule has 0 saturated heterocycles. The quantitative estimate of drug-likeness (QED) is 0.692. The standard InChI is InChI=1S/C9H13N3O2/c1-3-5-10-9(13)8-4-6-12(11-8)7-14-2/h3-4,6H,1,5,7H2,2H3,(H,10,13). The molecular weight excluding hydrogens is 182 g/mol. The molecule has 1 aromatic heterocycles. The number of hydrogen-bond acceptors (Lipinski definition) is 3. The van der Waals surface area contributed by atoms with Crippen LogP contribution in [0.3, 0.4) is 0 Å². The second-order valence-corrected chi connectivity index (χ2v) is 2.66. The number of ether oxygens (including phenoxy) is 1. The minimum atomic E-state index is -0.209. The summed E-state index contributed by atoms with van der Waals surface area (Å²) < 4.78 is 6.40. The minimum absolute atomic E-state index is 0.209. The molecular formula is C9H13N3O2. The van der Waals surface area contributed by atoms with Gasteiger partial charge < -0.3 is 10.1 Å². The molecule has 0 aliphatic carbocycles. The zero-order chi connectivity index (χ0) is 10.4. The summed E-state index contributed by atoms with van der Waals surface area (Å²) in [5.74, 6) is -0.209. The number of amides is 1. The summed E-state index contributed by atoms with van der Waals surface area (Å²) in [6, 6.07) is 1.64. The summed E-state index contributed by atoms with van der Waals surface area (Å²) in [4.78, 5) is 11.3. The minimum Gasteiger partial charge on any atom is -0.362 e. The number of carbonyl (C=O) groups excluding carboxylic acids is 1. The van der Waals surface area contributed by atoms with E-state index in [9.17, 15) is 4.79 Å². The monoisotopic (exact) mass is 195 g/mol. The molecule has 0 aliphatic heterocycles. The molecule has 0 radical (unpaired) electrons. The Hall–Kier alpha value is -1.62. The van der Waals surface area contributed by atoms with Crippen LogP contribution in [0, 0.1) is 0 Å². The van der Waals surface area contributed by atoms with Gasteiger partial charge in [0.1, 0.15) is 12.4 Å². The molecule has 0 unspecified atom stereocenters. The number of carbonyl (C=O) groups is 1. The van der Waals surface area contributed by atoms with Crippen LogP contribution in [0.1, 0.15) is 10.5 Å². The molecule has 5 nitrogen and oxygen atoms in total. The van der Waals surface area contributed by atoms with Crippen LogP contribution in [0.25, 0.3) is 0 Å². The molecule has 0 atom stereocenters. The fourth-order valence-electron chi connectivity index (χ4n) is 0.942. The maximum Gasteiger partial charge on any atom is 0.272 e. The maximum absolute atomic E-state index is 11.3. The van der Waals surface area contributed by atoms with E-state index in [-0.39, 0.29) is 5.91 Å². The third-order valence-electron chi connectivity index (χ3n) is 1.54. The molecule has 14 heavy (non-hydrogen) atoms. The molecule has 0 fully saturated rings. The number of aromatic nitrogens is 2. The van der Waals surface area contributed by atoms with E-state index in [1.165, 1.54) is 0 Å². The Kier molecular flexibility index (Phi) is 3.87. The molecule has 0 spiro atoms. The third kappa shape index (κ3) is 2.70. The fraction of sp³-hybridized carbons (Fsp3) is 0.333. The van der Waals surface area contributed by atoms with E-state index in [1.54, 1.807) is 30.1 Å². The molecule has 1 heterocycles. The molecule has 1 rings (SSSR count). The van der Waals surface area contributed by atoms with E-state index < -0.39 is 0 Å². The number of rotatable bonds is 5. The number of hydrogen-bond donors (Lipinski definition) is 1. The molecule has 1 N–H and O–H groups in total. The van der Waals surface area contributed by atoms with Crippen LogP contribution >= 0.6 is 0 Å². The Balaban J connectivity index is 2.57. The maximum atomic E-state index is 11.3. The van der Waals surface area contributed by atoms with Crippen molar-refractivity contribution in [3.8, 4) is 0 Å². The number of nitrogens with one attached hydrogen (secondary N) is 1. The lowest BCUT2D eigenvalue weighted by Crippen LogP contribution is -2.23. The zero-order valence-electron chi connectivity index (χ0n) is 8.06. The molecule has 0 aromatic carbocycles. The topological polar surface area (TPSA) is 56.2 Å². The first-order chi connectivity index (χ1) is 6.77.